The Morgan fingerprint density at radius 2 is 2.11 bits per heavy atom. The first-order valence-electron chi connectivity index (χ1n) is 6.73. The van der Waals surface area contributed by atoms with Gasteiger partial charge in [0.05, 0.1) is 12.2 Å². The van der Waals surface area contributed by atoms with E-state index in [9.17, 15) is 9.18 Å². The average Bonchev–Trinajstić information content (AvgIpc) is 2.47. The van der Waals surface area contributed by atoms with Crippen LogP contribution in [0, 0.1) is 5.82 Å². The van der Waals surface area contributed by atoms with Crippen LogP contribution in [0.5, 0.6) is 0 Å². The van der Waals surface area contributed by atoms with Crippen molar-refractivity contribution in [1.29, 1.82) is 0 Å². The number of likely N-dealkylation sites (tertiary alicyclic amines) is 1. The summed E-state index contributed by atoms with van der Waals surface area (Å²) < 4.78 is 13.9. The summed E-state index contributed by atoms with van der Waals surface area (Å²) in [5.74, 6) is -0.357. The highest BCUT2D eigenvalue weighted by molar-refractivity contribution is 5.80. The topological polar surface area (TPSA) is 58.1 Å². The van der Waals surface area contributed by atoms with Crippen LogP contribution in [0.1, 0.15) is 31.9 Å². The zero-order chi connectivity index (χ0) is 13.7. The summed E-state index contributed by atoms with van der Waals surface area (Å²) in [5, 5.41) is 2.77. The Labute approximate surface area is 112 Å². The molecule has 19 heavy (non-hydrogen) atoms. The molecule has 2 heterocycles. The Hall–Kier alpha value is -1.72. The predicted molar refractivity (Wildman–Crippen MR) is 70.3 cm³/mol. The minimum atomic E-state index is -0.462. The fraction of sp³-hybridized carbons (Fsp3) is 0.615. The van der Waals surface area contributed by atoms with Gasteiger partial charge in [-0.1, -0.05) is 6.92 Å². The molecule has 0 saturated carbocycles. The first kappa shape index (κ1) is 13.7. The maximum absolute atomic E-state index is 13.9. The van der Waals surface area contributed by atoms with Gasteiger partial charge in [-0.05, 0) is 25.7 Å². The highest BCUT2D eigenvalue weighted by Crippen LogP contribution is 2.13. The van der Waals surface area contributed by atoms with Crippen LogP contribution < -0.4 is 5.32 Å². The SMILES string of the molecule is CCc1ncnc(NCC(=O)N2CCCCC2)c1F. The molecule has 1 aliphatic rings. The van der Waals surface area contributed by atoms with Gasteiger partial charge < -0.3 is 10.2 Å². The van der Waals surface area contributed by atoms with Crippen molar-refractivity contribution in [2.45, 2.75) is 32.6 Å². The van der Waals surface area contributed by atoms with Gasteiger partial charge in [-0.25, -0.2) is 14.4 Å². The quantitative estimate of drug-likeness (QED) is 0.899. The second kappa shape index (κ2) is 6.45. The van der Waals surface area contributed by atoms with Gasteiger partial charge in [0.25, 0.3) is 0 Å². The number of nitrogens with zero attached hydrogens (tertiary/aromatic N) is 3. The van der Waals surface area contributed by atoms with E-state index in [2.05, 4.69) is 15.3 Å². The van der Waals surface area contributed by atoms with Crippen LogP contribution in [0.4, 0.5) is 10.2 Å². The number of anilines is 1. The van der Waals surface area contributed by atoms with Crippen molar-refractivity contribution in [3.63, 3.8) is 0 Å². The summed E-state index contributed by atoms with van der Waals surface area (Å²) in [6, 6.07) is 0. The smallest absolute Gasteiger partial charge is 0.241 e. The first-order chi connectivity index (χ1) is 9.22. The fourth-order valence-corrected chi connectivity index (χ4v) is 2.19. The molecule has 1 N–H and O–H groups in total. The zero-order valence-corrected chi connectivity index (χ0v) is 11.2. The Morgan fingerprint density at radius 3 is 2.79 bits per heavy atom. The van der Waals surface area contributed by atoms with Gasteiger partial charge in [0.2, 0.25) is 5.91 Å². The molecule has 6 heteroatoms. The number of hydrogen-bond acceptors (Lipinski definition) is 4. The number of piperidine rings is 1. The third-order valence-corrected chi connectivity index (χ3v) is 3.31. The molecule has 104 valence electrons. The number of halogens is 1. The Kier molecular flexibility index (Phi) is 4.65. The molecule has 1 aromatic rings. The number of amides is 1. The Bertz CT molecular complexity index is 446. The minimum Gasteiger partial charge on any atom is -0.358 e. The van der Waals surface area contributed by atoms with E-state index in [4.69, 9.17) is 0 Å². The van der Waals surface area contributed by atoms with Crippen molar-refractivity contribution in [1.82, 2.24) is 14.9 Å². The summed E-state index contributed by atoms with van der Waals surface area (Å²) in [4.78, 5) is 21.4. The molecule has 1 fully saturated rings. The van der Waals surface area contributed by atoms with E-state index in [1.807, 2.05) is 11.8 Å². The molecule has 1 amide bonds. The van der Waals surface area contributed by atoms with Gasteiger partial charge in [-0.3, -0.25) is 4.79 Å². The predicted octanol–water partition coefficient (Wildman–Crippen LogP) is 1.60. The largest absolute Gasteiger partial charge is 0.358 e. The van der Waals surface area contributed by atoms with Gasteiger partial charge in [0.1, 0.15) is 6.33 Å². The molecular formula is C13H19FN4O. The number of aryl methyl sites for hydroxylation is 1. The van der Waals surface area contributed by atoms with E-state index in [-0.39, 0.29) is 18.3 Å². The molecule has 0 radical (unpaired) electrons. The molecule has 2 rings (SSSR count). The van der Waals surface area contributed by atoms with Crippen molar-refractivity contribution in [3.8, 4) is 0 Å². The monoisotopic (exact) mass is 266 g/mol. The van der Waals surface area contributed by atoms with E-state index in [1.54, 1.807) is 0 Å². The van der Waals surface area contributed by atoms with Crippen molar-refractivity contribution in [3.05, 3.63) is 17.8 Å². The Balaban J connectivity index is 1.93. The Morgan fingerprint density at radius 1 is 1.37 bits per heavy atom. The number of carbonyl (C=O) groups is 1. The van der Waals surface area contributed by atoms with E-state index >= 15 is 0 Å². The lowest BCUT2D eigenvalue weighted by Crippen LogP contribution is -2.39. The number of aromatic nitrogens is 2. The van der Waals surface area contributed by atoms with Gasteiger partial charge in [-0.15, -0.1) is 0 Å². The van der Waals surface area contributed by atoms with Crippen molar-refractivity contribution < 1.29 is 9.18 Å². The molecule has 1 aliphatic heterocycles. The number of carbonyl (C=O) groups excluding carboxylic acids is 1. The summed E-state index contributed by atoms with van der Waals surface area (Å²) in [6.45, 7) is 3.51. The first-order valence-corrected chi connectivity index (χ1v) is 6.73. The van der Waals surface area contributed by atoms with Crippen molar-refractivity contribution in [2.24, 2.45) is 0 Å². The number of nitrogens with one attached hydrogen (secondary N) is 1. The standard InChI is InChI=1S/C13H19FN4O/c1-2-10-12(14)13(17-9-16-10)15-8-11(19)18-6-4-3-5-7-18/h9H,2-8H2,1H3,(H,15,16,17). The molecule has 0 aliphatic carbocycles. The lowest BCUT2D eigenvalue weighted by Gasteiger charge is -2.26. The molecule has 5 nitrogen and oxygen atoms in total. The molecule has 0 atom stereocenters. The number of hydrogen-bond donors (Lipinski definition) is 1. The maximum atomic E-state index is 13.9. The highest BCUT2D eigenvalue weighted by Gasteiger charge is 2.17. The summed E-state index contributed by atoms with van der Waals surface area (Å²) >= 11 is 0. The summed E-state index contributed by atoms with van der Waals surface area (Å²) in [5.41, 5.74) is 0.364. The van der Waals surface area contributed by atoms with Crippen LogP contribution in [-0.4, -0.2) is 40.4 Å². The van der Waals surface area contributed by atoms with Gasteiger partial charge in [0, 0.05) is 13.1 Å². The molecular weight excluding hydrogens is 247 g/mol. The van der Waals surface area contributed by atoms with E-state index in [1.165, 1.54) is 12.7 Å². The van der Waals surface area contributed by atoms with E-state index in [0.717, 1.165) is 25.9 Å². The average molecular weight is 266 g/mol. The molecule has 0 aromatic carbocycles. The normalized spacial score (nSPS) is 15.4. The second-order valence-corrected chi connectivity index (χ2v) is 4.63. The van der Waals surface area contributed by atoms with Gasteiger partial charge in [0.15, 0.2) is 11.6 Å². The van der Waals surface area contributed by atoms with Crippen molar-refractivity contribution in [2.75, 3.05) is 25.0 Å². The van der Waals surface area contributed by atoms with E-state index in [0.29, 0.717) is 12.1 Å². The molecule has 0 spiro atoms. The van der Waals surface area contributed by atoms with E-state index < -0.39 is 5.82 Å². The zero-order valence-electron chi connectivity index (χ0n) is 11.2. The molecule has 1 saturated heterocycles. The lowest BCUT2D eigenvalue weighted by atomic mass is 10.1. The second-order valence-electron chi connectivity index (χ2n) is 4.63. The summed E-state index contributed by atoms with van der Waals surface area (Å²) in [6.07, 6.45) is 5.09. The molecule has 0 unspecified atom stereocenters. The minimum absolute atomic E-state index is 0.00393. The maximum Gasteiger partial charge on any atom is 0.241 e. The van der Waals surface area contributed by atoms with Crippen LogP contribution in [0.25, 0.3) is 0 Å². The third kappa shape index (κ3) is 3.39. The van der Waals surface area contributed by atoms with Crippen LogP contribution in [0.2, 0.25) is 0 Å². The fourth-order valence-electron chi connectivity index (χ4n) is 2.19. The van der Waals surface area contributed by atoms with Gasteiger partial charge in [-0.2, -0.15) is 0 Å². The lowest BCUT2D eigenvalue weighted by molar-refractivity contribution is -0.130. The highest BCUT2D eigenvalue weighted by atomic mass is 19.1. The summed E-state index contributed by atoms with van der Waals surface area (Å²) in [7, 11) is 0. The number of rotatable bonds is 4. The van der Waals surface area contributed by atoms with Crippen LogP contribution >= 0.6 is 0 Å². The van der Waals surface area contributed by atoms with Gasteiger partial charge >= 0.3 is 0 Å². The third-order valence-electron chi connectivity index (χ3n) is 3.31. The van der Waals surface area contributed by atoms with Crippen LogP contribution in [-0.2, 0) is 11.2 Å². The molecule has 0 bridgehead atoms. The molecule has 1 aromatic heterocycles. The van der Waals surface area contributed by atoms with Crippen LogP contribution in [0.3, 0.4) is 0 Å². The van der Waals surface area contributed by atoms with Crippen molar-refractivity contribution >= 4 is 11.7 Å². The van der Waals surface area contributed by atoms with Crippen LogP contribution in [0.15, 0.2) is 6.33 Å².